The highest BCUT2D eigenvalue weighted by molar-refractivity contribution is 5.30. The largest absolute Gasteiger partial charge is 0.506 e. The van der Waals surface area contributed by atoms with Gasteiger partial charge in [0.2, 0.25) is 0 Å². The Morgan fingerprint density at radius 1 is 1.70 bits per heavy atom. The topological polar surface area (TPSA) is 59.1 Å². The van der Waals surface area contributed by atoms with Gasteiger partial charge in [0.25, 0.3) is 0 Å². The normalized spacial score (nSPS) is 13.0. The summed E-state index contributed by atoms with van der Waals surface area (Å²) in [5, 5.41) is 9.14. The van der Waals surface area contributed by atoms with Gasteiger partial charge >= 0.3 is 0 Å². The number of hydrogen-bond acceptors (Lipinski definition) is 3. The Labute approximate surface area is 59.5 Å². The predicted molar refractivity (Wildman–Crippen MR) is 38.5 cm³/mol. The van der Waals surface area contributed by atoms with E-state index in [0.717, 1.165) is 5.56 Å². The maximum Gasteiger partial charge on any atom is 0.138 e. The Balaban J connectivity index is 3.03. The van der Waals surface area contributed by atoms with Crippen molar-refractivity contribution in [2.45, 2.75) is 13.0 Å². The van der Waals surface area contributed by atoms with Crippen molar-refractivity contribution >= 4 is 0 Å². The summed E-state index contributed by atoms with van der Waals surface area (Å²) in [7, 11) is 0. The molecular weight excluding hydrogens is 128 g/mol. The maximum absolute atomic E-state index is 9.14. The van der Waals surface area contributed by atoms with Crippen LogP contribution in [0.2, 0.25) is 0 Å². The highest BCUT2D eigenvalue weighted by atomic mass is 16.3. The van der Waals surface area contributed by atoms with E-state index in [0.29, 0.717) is 0 Å². The van der Waals surface area contributed by atoms with Crippen molar-refractivity contribution in [3.63, 3.8) is 0 Å². The summed E-state index contributed by atoms with van der Waals surface area (Å²) in [5.74, 6) is 0.164. The van der Waals surface area contributed by atoms with E-state index < -0.39 is 0 Å². The molecule has 1 atom stereocenters. The highest BCUT2D eigenvalue weighted by Gasteiger charge is 2.03. The average molecular weight is 138 g/mol. The molecule has 10 heavy (non-hydrogen) atoms. The van der Waals surface area contributed by atoms with E-state index in [9.17, 15) is 0 Å². The van der Waals surface area contributed by atoms with Crippen molar-refractivity contribution in [1.29, 1.82) is 0 Å². The molecule has 1 rings (SSSR count). The van der Waals surface area contributed by atoms with Crippen LogP contribution in [0.25, 0.3) is 0 Å². The maximum atomic E-state index is 9.14. The van der Waals surface area contributed by atoms with Gasteiger partial charge in [-0.05, 0) is 13.0 Å². The van der Waals surface area contributed by atoms with Crippen LogP contribution in [-0.4, -0.2) is 10.1 Å². The fourth-order valence-corrected chi connectivity index (χ4v) is 0.782. The monoisotopic (exact) mass is 138 g/mol. The zero-order valence-electron chi connectivity index (χ0n) is 5.78. The van der Waals surface area contributed by atoms with E-state index in [-0.39, 0.29) is 11.8 Å². The van der Waals surface area contributed by atoms with Gasteiger partial charge in [0.05, 0.1) is 6.20 Å². The number of nitrogens with two attached hydrogens (primary N) is 1. The molecule has 3 heteroatoms. The number of pyridine rings is 1. The number of aromatic nitrogens is 1. The van der Waals surface area contributed by atoms with Gasteiger partial charge in [-0.15, -0.1) is 0 Å². The molecule has 1 heterocycles. The zero-order valence-corrected chi connectivity index (χ0v) is 5.78. The molecule has 0 aliphatic rings. The van der Waals surface area contributed by atoms with Gasteiger partial charge in [-0.25, -0.2) is 0 Å². The third-order valence-corrected chi connectivity index (χ3v) is 1.32. The first-order chi connectivity index (χ1) is 4.72. The van der Waals surface area contributed by atoms with Gasteiger partial charge in [-0.1, -0.05) is 0 Å². The second-order valence-electron chi connectivity index (χ2n) is 2.22. The van der Waals surface area contributed by atoms with Crippen LogP contribution in [0.1, 0.15) is 18.5 Å². The molecule has 54 valence electrons. The molecule has 0 fully saturated rings. The molecular formula is C7H10N2O. The zero-order chi connectivity index (χ0) is 7.56. The Morgan fingerprint density at radius 3 is 2.80 bits per heavy atom. The first kappa shape index (κ1) is 7.02. The van der Waals surface area contributed by atoms with E-state index in [1.807, 2.05) is 6.92 Å². The minimum Gasteiger partial charge on any atom is -0.506 e. The Morgan fingerprint density at radius 2 is 2.40 bits per heavy atom. The molecule has 1 aromatic rings. The molecule has 0 saturated heterocycles. The van der Waals surface area contributed by atoms with Gasteiger partial charge in [0, 0.05) is 17.8 Å². The summed E-state index contributed by atoms with van der Waals surface area (Å²) in [6.45, 7) is 1.81. The molecule has 0 spiro atoms. The van der Waals surface area contributed by atoms with Crippen LogP contribution >= 0.6 is 0 Å². The Hall–Kier alpha value is -1.09. The molecule has 3 nitrogen and oxygen atoms in total. The van der Waals surface area contributed by atoms with Crippen molar-refractivity contribution in [2.75, 3.05) is 0 Å². The summed E-state index contributed by atoms with van der Waals surface area (Å²) in [4.78, 5) is 3.72. The summed E-state index contributed by atoms with van der Waals surface area (Å²) in [6.07, 6.45) is 3.00. The first-order valence-corrected chi connectivity index (χ1v) is 3.10. The van der Waals surface area contributed by atoms with E-state index in [1.54, 1.807) is 12.3 Å². The Bertz CT molecular complexity index is 223. The predicted octanol–water partition coefficient (Wildman–Crippen LogP) is 0.807. The number of hydrogen-bond donors (Lipinski definition) is 2. The fourth-order valence-electron chi connectivity index (χ4n) is 0.782. The van der Waals surface area contributed by atoms with Crippen molar-refractivity contribution in [3.05, 3.63) is 24.0 Å². The van der Waals surface area contributed by atoms with Crippen LogP contribution in [0.15, 0.2) is 18.5 Å². The molecule has 1 aromatic heterocycles. The molecule has 0 radical (unpaired) electrons. The molecule has 0 aliphatic heterocycles. The van der Waals surface area contributed by atoms with Crippen LogP contribution in [0.5, 0.6) is 5.75 Å². The number of nitrogens with zero attached hydrogens (tertiary/aromatic N) is 1. The van der Waals surface area contributed by atoms with E-state index in [1.165, 1.54) is 6.20 Å². The number of aromatic hydroxyl groups is 1. The minimum absolute atomic E-state index is 0.136. The van der Waals surface area contributed by atoms with E-state index in [2.05, 4.69) is 4.98 Å². The highest BCUT2D eigenvalue weighted by Crippen LogP contribution is 2.19. The van der Waals surface area contributed by atoms with Gasteiger partial charge in [0.15, 0.2) is 0 Å². The summed E-state index contributed by atoms with van der Waals surface area (Å²) in [6, 6.07) is 1.57. The average Bonchev–Trinajstić information content (AvgIpc) is 1.88. The quantitative estimate of drug-likeness (QED) is 0.603. The van der Waals surface area contributed by atoms with Crippen LogP contribution in [0, 0.1) is 0 Å². The third kappa shape index (κ3) is 1.25. The SMILES string of the molecule is C[C@H](N)c1ccncc1O. The summed E-state index contributed by atoms with van der Waals surface area (Å²) < 4.78 is 0. The van der Waals surface area contributed by atoms with Gasteiger partial charge in [0.1, 0.15) is 5.75 Å². The lowest BCUT2D eigenvalue weighted by Gasteiger charge is -2.05. The minimum atomic E-state index is -0.136. The van der Waals surface area contributed by atoms with Gasteiger partial charge in [-0.2, -0.15) is 0 Å². The van der Waals surface area contributed by atoms with Crippen molar-refractivity contribution in [2.24, 2.45) is 5.73 Å². The van der Waals surface area contributed by atoms with Crippen molar-refractivity contribution < 1.29 is 5.11 Å². The van der Waals surface area contributed by atoms with E-state index >= 15 is 0 Å². The lowest BCUT2D eigenvalue weighted by molar-refractivity contribution is 0.461. The molecule has 0 saturated carbocycles. The van der Waals surface area contributed by atoms with E-state index in [4.69, 9.17) is 10.8 Å². The molecule has 0 bridgehead atoms. The van der Waals surface area contributed by atoms with Gasteiger partial charge < -0.3 is 10.8 Å². The standard InChI is InChI=1S/C7H10N2O/c1-5(8)6-2-3-9-4-7(6)10/h2-5,10H,8H2,1H3/t5-/m0/s1. The fraction of sp³-hybridized carbons (Fsp3) is 0.286. The van der Waals surface area contributed by atoms with Crippen molar-refractivity contribution in [3.8, 4) is 5.75 Å². The lowest BCUT2D eigenvalue weighted by Crippen LogP contribution is -2.04. The Kier molecular flexibility index (Phi) is 1.87. The van der Waals surface area contributed by atoms with Crippen LogP contribution < -0.4 is 5.73 Å². The van der Waals surface area contributed by atoms with Crippen molar-refractivity contribution in [1.82, 2.24) is 4.98 Å². The smallest absolute Gasteiger partial charge is 0.138 e. The molecule has 0 unspecified atom stereocenters. The number of rotatable bonds is 1. The van der Waals surface area contributed by atoms with Crippen LogP contribution in [0.4, 0.5) is 0 Å². The van der Waals surface area contributed by atoms with Crippen LogP contribution in [0.3, 0.4) is 0 Å². The molecule has 0 aliphatic carbocycles. The second kappa shape index (κ2) is 2.66. The summed E-state index contributed by atoms with van der Waals surface area (Å²) in [5.41, 5.74) is 6.26. The molecule has 0 aromatic carbocycles. The lowest BCUT2D eigenvalue weighted by atomic mass is 10.1. The third-order valence-electron chi connectivity index (χ3n) is 1.32. The summed E-state index contributed by atoms with van der Waals surface area (Å²) >= 11 is 0. The molecule has 0 amide bonds. The van der Waals surface area contributed by atoms with Crippen LogP contribution in [-0.2, 0) is 0 Å². The molecule has 3 N–H and O–H groups in total. The van der Waals surface area contributed by atoms with Gasteiger partial charge in [-0.3, -0.25) is 4.98 Å². The first-order valence-electron chi connectivity index (χ1n) is 3.10. The second-order valence-corrected chi connectivity index (χ2v) is 2.22.